The van der Waals surface area contributed by atoms with Crippen LogP contribution in [-0.4, -0.2) is 90.7 Å². The summed E-state index contributed by atoms with van der Waals surface area (Å²) in [6, 6.07) is 15.5. The Labute approximate surface area is 241 Å². The minimum absolute atomic E-state index is 0.126. The first kappa shape index (κ1) is 27.0. The first-order chi connectivity index (χ1) is 20.1. The average molecular weight is 552 g/mol. The van der Waals surface area contributed by atoms with E-state index in [1.807, 2.05) is 0 Å². The molecule has 9 heteroatoms. The van der Waals surface area contributed by atoms with Crippen LogP contribution in [0.1, 0.15) is 24.1 Å². The van der Waals surface area contributed by atoms with Gasteiger partial charge in [0.25, 0.3) is 0 Å². The molecule has 212 valence electrons. The molecule has 1 amide bonds. The molecule has 2 unspecified atom stereocenters. The summed E-state index contributed by atoms with van der Waals surface area (Å²) in [6.45, 7) is 16.3. The predicted octanol–water partition coefficient (Wildman–Crippen LogP) is 3.79. The van der Waals surface area contributed by atoms with Crippen molar-refractivity contribution in [1.29, 1.82) is 0 Å². The van der Waals surface area contributed by atoms with Gasteiger partial charge in [-0.05, 0) is 50.4 Å². The smallest absolute Gasteiger partial charge is 0.318 e. The summed E-state index contributed by atoms with van der Waals surface area (Å²) in [6.07, 6.45) is 4.43. The molecule has 2 atom stereocenters. The molecule has 2 saturated heterocycles. The third-order valence-electron chi connectivity index (χ3n) is 8.75. The van der Waals surface area contributed by atoms with Crippen molar-refractivity contribution >= 4 is 28.2 Å². The number of fused-ring (bicyclic) bond motifs is 2. The molecule has 6 rings (SSSR count). The lowest BCUT2D eigenvalue weighted by atomic mass is 10.0. The van der Waals surface area contributed by atoms with Crippen LogP contribution in [0, 0.1) is 6.57 Å². The number of hydrogen-bond donors (Lipinski definition) is 0. The Morgan fingerprint density at radius 2 is 1.95 bits per heavy atom. The van der Waals surface area contributed by atoms with E-state index in [0.29, 0.717) is 44.8 Å². The summed E-state index contributed by atoms with van der Waals surface area (Å²) < 4.78 is 6.28. The Balaban J connectivity index is 1.33. The van der Waals surface area contributed by atoms with Gasteiger partial charge in [-0.25, -0.2) is 6.57 Å². The lowest BCUT2D eigenvalue weighted by Crippen LogP contribution is -2.56. The Hall–Kier alpha value is -4.16. The average Bonchev–Trinajstić information content (AvgIpc) is 3.43. The normalized spacial score (nSPS) is 21.0. The van der Waals surface area contributed by atoms with Gasteiger partial charge in [-0.3, -0.25) is 4.79 Å². The van der Waals surface area contributed by atoms with Crippen molar-refractivity contribution in [3.63, 3.8) is 0 Å². The van der Waals surface area contributed by atoms with Gasteiger partial charge < -0.3 is 29.2 Å². The zero-order valence-corrected chi connectivity index (χ0v) is 23.7. The molecule has 0 saturated carbocycles. The molecular formula is C32H37N7O2. The lowest BCUT2D eigenvalue weighted by molar-refractivity contribution is -0.128. The van der Waals surface area contributed by atoms with E-state index >= 15 is 0 Å². The number of piperazine rings is 1. The van der Waals surface area contributed by atoms with Gasteiger partial charge in [0.05, 0.1) is 12.2 Å². The van der Waals surface area contributed by atoms with Crippen LogP contribution in [0.5, 0.6) is 6.01 Å². The van der Waals surface area contributed by atoms with E-state index in [0.717, 1.165) is 43.0 Å². The standard InChI is InChI=1S/C32H37N7O2/c1-4-30(40)39-18-17-38(20-25(39)19-33-2)31-27-14-16-37(29-13-7-10-23-9-5-6-12-26(23)29)21-28(27)34-32(35-31)41-22-24-11-8-15-36(24)3/h4-7,9-10,12-13,24-25H,1,8,11,14-22H2,3H3. The number of likely N-dealkylation sites (tertiary alicyclic amines) is 1. The molecule has 0 bridgehead atoms. The van der Waals surface area contributed by atoms with Gasteiger partial charge in [0, 0.05) is 48.9 Å². The largest absolute Gasteiger partial charge is 0.462 e. The number of aromatic nitrogens is 2. The number of anilines is 2. The van der Waals surface area contributed by atoms with Gasteiger partial charge in [0.15, 0.2) is 0 Å². The zero-order valence-electron chi connectivity index (χ0n) is 23.7. The first-order valence-electron chi connectivity index (χ1n) is 14.5. The zero-order chi connectivity index (χ0) is 28.3. The molecule has 41 heavy (non-hydrogen) atoms. The van der Waals surface area contributed by atoms with Crippen LogP contribution < -0.4 is 14.5 Å². The summed E-state index contributed by atoms with van der Waals surface area (Å²) in [5.41, 5.74) is 3.32. The van der Waals surface area contributed by atoms with E-state index in [4.69, 9.17) is 21.3 Å². The fraction of sp³-hybridized carbons (Fsp3) is 0.438. The Morgan fingerprint density at radius 3 is 2.76 bits per heavy atom. The third-order valence-corrected chi connectivity index (χ3v) is 8.75. The fourth-order valence-electron chi connectivity index (χ4n) is 6.48. The molecule has 2 aromatic carbocycles. The van der Waals surface area contributed by atoms with E-state index < -0.39 is 0 Å². The molecular weight excluding hydrogens is 514 g/mol. The molecule has 9 nitrogen and oxygen atoms in total. The highest BCUT2D eigenvalue weighted by molar-refractivity contribution is 5.94. The summed E-state index contributed by atoms with van der Waals surface area (Å²) in [7, 11) is 2.14. The van der Waals surface area contributed by atoms with Crippen molar-refractivity contribution in [2.45, 2.75) is 37.9 Å². The van der Waals surface area contributed by atoms with Crippen molar-refractivity contribution in [2.75, 3.05) is 62.7 Å². The van der Waals surface area contributed by atoms with E-state index in [9.17, 15) is 4.79 Å². The van der Waals surface area contributed by atoms with Gasteiger partial charge in [0.2, 0.25) is 12.5 Å². The van der Waals surface area contributed by atoms with Gasteiger partial charge in [-0.2, -0.15) is 9.97 Å². The van der Waals surface area contributed by atoms with Crippen LogP contribution in [0.25, 0.3) is 15.6 Å². The Kier molecular flexibility index (Phi) is 7.75. The molecule has 0 N–H and O–H groups in total. The maximum Gasteiger partial charge on any atom is 0.318 e. The molecule has 3 aromatic rings. The topological polar surface area (TPSA) is 69.4 Å². The monoisotopic (exact) mass is 551 g/mol. The highest BCUT2D eigenvalue weighted by atomic mass is 16.5. The number of hydrogen-bond acceptors (Lipinski definition) is 7. The molecule has 1 aromatic heterocycles. The third kappa shape index (κ3) is 5.44. The number of rotatable bonds is 7. The van der Waals surface area contributed by atoms with E-state index in [1.54, 1.807) is 4.90 Å². The number of ether oxygens (including phenoxy) is 1. The van der Waals surface area contributed by atoms with Gasteiger partial charge in [-0.15, -0.1) is 0 Å². The molecule has 4 heterocycles. The van der Waals surface area contributed by atoms with Crippen molar-refractivity contribution in [3.8, 4) is 6.01 Å². The lowest BCUT2D eigenvalue weighted by Gasteiger charge is -2.41. The quantitative estimate of drug-likeness (QED) is 0.327. The molecule has 0 aliphatic carbocycles. The van der Waals surface area contributed by atoms with Crippen LogP contribution in [0.15, 0.2) is 55.1 Å². The number of carbonyl (C=O) groups excluding carboxylic acids is 1. The Bertz CT molecular complexity index is 1480. The predicted molar refractivity (Wildman–Crippen MR) is 161 cm³/mol. The van der Waals surface area contributed by atoms with Gasteiger partial charge in [0.1, 0.15) is 18.5 Å². The second kappa shape index (κ2) is 11.8. The number of likely N-dealkylation sites (N-methyl/N-ethyl adjacent to an activating group) is 1. The molecule has 0 spiro atoms. The molecule has 2 fully saturated rings. The van der Waals surface area contributed by atoms with Crippen molar-refractivity contribution in [3.05, 3.63) is 77.8 Å². The summed E-state index contributed by atoms with van der Waals surface area (Å²) in [5, 5.41) is 2.46. The summed E-state index contributed by atoms with van der Waals surface area (Å²) in [5.74, 6) is 0.751. The van der Waals surface area contributed by atoms with Gasteiger partial charge in [-0.1, -0.05) is 43.0 Å². The van der Waals surface area contributed by atoms with E-state index in [-0.39, 0.29) is 18.5 Å². The minimum atomic E-state index is -0.218. The van der Waals surface area contributed by atoms with Crippen LogP contribution >= 0.6 is 0 Å². The highest BCUT2D eigenvalue weighted by Crippen LogP contribution is 2.35. The van der Waals surface area contributed by atoms with Gasteiger partial charge >= 0.3 is 6.01 Å². The fourth-order valence-corrected chi connectivity index (χ4v) is 6.48. The molecule has 3 aliphatic heterocycles. The van der Waals surface area contributed by atoms with E-state index in [2.05, 4.69) is 75.6 Å². The summed E-state index contributed by atoms with van der Waals surface area (Å²) >= 11 is 0. The summed E-state index contributed by atoms with van der Waals surface area (Å²) in [4.78, 5) is 34.8. The number of amides is 1. The van der Waals surface area contributed by atoms with Crippen molar-refractivity contribution < 1.29 is 9.53 Å². The van der Waals surface area contributed by atoms with E-state index in [1.165, 1.54) is 29.0 Å². The second-order valence-corrected chi connectivity index (χ2v) is 11.2. The SMILES string of the molecule is [C-]#[N+]CC1CN(c2nc(OCC3CCCN3C)nc3c2CCN(c2cccc4ccccc24)C3)CCN1C(=O)C=C. The van der Waals surface area contributed by atoms with Crippen LogP contribution in [0.2, 0.25) is 0 Å². The maximum atomic E-state index is 12.5. The van der Waals surface area contributed by atoms with Crippen molar-refractivity contribution in [1.82, 2.24) is 19.8 Å². The molecule has 3 aliphatic rings. The first-order valence-corrected chi connectivity index (χ1v) is 14.5. The second-order valence-electron chi connectivity index (χ2n) is 11.2. The minimum Gasteiger partial charge on any atom is -0.462 e. The van der Waals surface area contributed by atoms with Crippen LogP contribution in [0.4, 0.5) is 11.5 Å². The number of nitrogens with zero attached hydrogens (tertiary/aromatic N) is 7. The number of benzene rings is 2. The van der Waals surface area contributed by atoms with Crippen LogP contribution in [-0.2, 0) is 17.8 Å². The highest BCUT2D eigenvalue weighted by Gasteiger charge is 2.35. The number of carbonyl (C=O) groups is 1. The Morgan fingerprint density at radius 1 is 1.10 bits per heavy atom. The maximum absolute atomic E-state index is 12.5. The van der Waals surface area contributed by atoms with Crippen LogP contribution in [0.3, 0.4) is 0 Å². The molecule has 0 radical (unpaired) electrons. The van der Waals surface area contributed by atoms with Crippen molar-refractivity contribution in [2.24, 2.45) is 0 Å².